The van der Waals surface area contributed by atoms with Crippen LogP contribution in [0.25, 0.3) is 0 Å². The van der Waals surface area contributed by atoms with Gasteiger partial charge in [0.2, 0.25) is 11.3 Å². The van der Waals surface area contributed by atoms with Gasteiger partial charge in [0, 0.05) is 0 Å². The maximum Gasteiger partial charge on any atom is 0.232 e. The normalized spacial score (nSPS) is 14.3. The van der Waals surface area contributed by atoms with Crippen molar-refractivity contribution in [2.45, 2.75) is 0 Å². The van der Waals surface area contributed by atoms with Gasteiger partial charge in [0.05, 0.1) is 6.67 Å². The van der Waals surface area contributed by atoms with Crippen molar-refractivity contribution in [3.8, 4) is 0 Å². The fraction of sp³-hybridized carbons (Fsp3) is 1.00. The van der Waals surface area contributed by atoms with Gasteiger partial charge in [0.15, 0.2) is 0 Å². The molecule has 5 heteroatoms. The molecule has 4 nitrogen and oxygen atoms in total. The molecule has 0 aliphatic heterocycles. The lowest BCUT2D eigenvalue weighted by atomic mass is 11.3. The zero-order valence-corrected chi connectivity index (χ0v) is 3.86. The van der Waals surface area contributed by atoms with E-state index < -0.39 is 11.3 Å². The molecule has 0 fully saturated rings. The molecule has 0 radical (unpaired) electrons. The van der Waals surface area contributed by atoms with E-state index in [-0.39, 0.29) is 6.67 Å². The Bertz CT molecular complexity index is 55.5. The van der Waals surface area contributed by atoms with E-state index >= 15 is 0 Å². The molecule has 0 saturated carbocycles. The molecule has 0 aliphatic rings. The van der Waals surface area contributed by atoms with Crippen LogP contribution < -0.4 is 10.5 Å². The highest BCUT2D eigenvalue weighted by Crippen LogP contribution is 1.51. The summed E-state index contributed by atoms with van der Waals surface area (Å²) in [6.45, 7) is 0.0309. The molecular weight excluding hydrogens is 104 g/mol. The van der Waals surface area contributed by atoms with Crippen molar-refractivity contribution in [2.24, 2.45) is 5.73 Å². The first-order valence-electron chi connectivity index (χ1n) is 1.32. The summed E-state index contributed by atoms with van der Waals surface area (Å²) in [6.07, 6.45) is 0. The molecule has 0 aromatic carbocycles. The molecule has 0 heterocycles. The minimum Gasteiger partial charge on any atom is -0.318 e. The van der Waals surface area contributed by atoms with Crippen LogP contribution in [0, 0.1) is 0 Å². The highest BCUT2D eigenvalue weighted by Gasteiger charge is 1.80. The predicted octanol–water partition coefficient (Wildman–Crippen LogP) is -1.37. The Hall–Kier alpha value is 0.0300. The van der Waals surface area contributed by atoms with Gasteiger partial charge in [-0.15, -0.1) is 0 Å². The molecule has 0 saturated heterocycles. The second-order valence-corrected chi connectivity index (χ2v) is 1.38. The molecule has 0 aliphatic carbocycles. The van der Waals surface area contributed by atoms with Crippen LogP contribution in [0.5, 0.6) is 0 Å². The molecule has 0 bridgehead atoms. The quantitative estimate of drug-likeness (QED) is 0.303. The van der Waals surface area contributed by atoms with Gasteiger partial charge in [0.25, 0.3) is 0 Å². The van der Waals surface area contributed by atoms with E-state index in [2.05, 4.69) is 0 Å². The summed E-state index contributed by atoms with van der Waals surface area (Å²) in [4.78, 5) is 0. The molecule has 0 amide bonds. The average Bonchev–Trinajstić information content (AvgIpc) is 1.35. The highest BCUT2D eigenvalue weighted by molar-refractivity contribution is 7.77. The second-order valence-electron chi connectivity index (χ2n) is 0.598. The third-order valence-electron chi connectivity index (χ3n) is 0.207. The summed E-state index contributed by atoms with van der Waals surface area (Å²) in [5, 5.41) is 0. The Morgan fingerprint density at radius 1 is 2.00 bits per heavy atom. The molecule has 6 heavy (non-hydrogen) atoms. The minimum absolute atomic E-state index is 0.0309. The largest absolute Gasteiger partial charge is 0.318 e. The van der Waals surface area contributed by atoms with Crippen LogP contribution in [-0.2, 0) is 11.3 Å². The number of hydrogen-bond acceptors (Lipinski definition) is 2. The lowest BCUT2D eigenvalue weighted by molar-refractivity contribution is 0.550. The highest BCUT2D eigenvalue weighted by atomic mass is 32.2. The number of nitrogens with two attached hydrogens (primary N) is 1. The van der Waals surface area contributed by atoms with E-state index in [0.717, 1.165) is 0 Å². The van der Waals surface area contributed by atoms with Crippen LogP contribution in [-0.4, -0.2) is 15.4 Å². The van der Waals surface area contributed by atoms with E-state index in [1.807, 2.05) is 4.72 Å². The summed E-state index contributed by atoms with van der Waals surface area (Å²) in [5.74, 6) is 0. The summed E-state index contributed by atoms with van der Waals surface area (Å²) >= 11 is -1.94. The zero-order valence-electron chi connectivity index (χ0n) is 3.05. The van der Waals surface area contributed by atoms with Crippen LogP contribution in [0.4, 0.5) is 0 Å². The van der Waals surface area contributed by atoms with Crippen LogP contribution in [0.2, 0.25) is 0 Å². The molecule has 0 rings (SSSR count). The summed E-state index contributed by atoms with van der Waals surface area (Å²) < 4.78 is 19.4. The molecule has 4 N–H and O–H groups in total. The summed E-state index contributed by atoms with van der Waals surface area (Å²) in [6, 6.07) is 0. The number of nitrogens with one attached hydrogen (secondary N) is 1. The molecule has 1 unspecified atom stereocenters. The van der Waals surface area contributed by atoms with E-state index in [4.69, 9.17) is 10.3 Å². The average molecular weight is 110 g/mol. The van der Waals surface area contributed by atoms with Crippen LogP contribution in [0.1, 0.15) is 0 Å². The summed E-state index contributed by atoms with van der Waals surface area (Å²) in [5.41, 5.74) is 4.77. The van der Waals surface area contributed by atoms with Crippen LogP contribution >= 0.6 is 0 Å². The van der Waals surface area contributed by atoms with Gasteiger partial charge < -0.3 is 5.73 Å². The Morgan fingerprint density at radius 3 is 2.50 bits per heavy atom. The Kier molecular flexibility index (Phi) is 3.24. The monoisotopic (exact) mass is 110 g/mol. The van der Waals surface area contributed by atoms with E-state index in [9.17, 15) is 4.21 Å². The Labute approximate surface area is 38.1 Å². The first-order chi connectivity index (χ1) is 2.77. The molecule has 38 valence electrons. The van der Waals surface area contributed by atoms with E-state index in [1.165, 1.54) is 0 Å². The van der Waals surface area contributed by atoms with Gasteiger partial charge in [0.1, 0.15) is 0 Å². The standard InChI is InChI=1S/CH6N2O2S/c2-1-3-6(4)5/h3H,1-2H2,(H,4,5). The van der Waals surface area contributed by atoms with Crippen LogP contribution in [0.15, 0.2) is 0 Å². The maximum atomic E-state index is 9.52. The van der Waals surface area contributed by atoms with Crippen molar-refractivity contribution in [3.63, 3.8) is 0 Å². The van der Waals surface area contributed by atoms with Gasteiger partial charge in [-0.1, -0.05) is 0 Å². The first-order valence-corrected chi connectivity index (χ1v) is 2.42. The van der Waals surface area contributed by atoms with E-state index in [0.29, 0.717) is 0 Å². The number of hydrogen-bond donors (Lipinski definition) is 3. The molecule has 0 spiro atoms. The Balaban J connectivity index is 2.83. The van der Waals surface area contributed by atoms with Crippen molar-refractivity contribution >= 4 is 11.3 Å². The van der Waals surface area contributed by atoms with Crippen molar-refractivity contribution in [3.05, 3.63) is 0 Å². The van der Waals surface area contributed by atoms with Gasteiger partial charge in [-0.05, 0) is 0 Å². The van der Waals surface area contributed by atoms with Gasteiger partial charge >= 0.3 is 0 Å². The van der Waals surface area contributed by atoms with Crippen molar-refractivity contribution in [1.82, 2.24) is 4.72 Å². The lowest BCUT2D eigenvalue weighted by Gasteiger charge is -1.86. The Morgan fingerprint density at radius 2 is 2.50 bits per heavy atom. The van der Waals surface area contributed by atoms with Crippen molar-refractivity contribution in [1.29, 1.82) is 0 Å². The minimum atomic E-state index is -1.94. The zero-order chi connectivity index (χ0) is 4.99. The second kappa shape index (κ2) is 3.23. The van der Waals surface area contributed by atoms with Crippen molar-refractivity contribution in [2.75, 3.05) is 6.67 Å². The third kappa shape index (κ3) is 4.03. The van der Waals surface area contributed by atoms with E-state index in [1.54, 1.807) is 0 Å². The molecule has 0 aromatic rings. The predicted molar refractivity (Wildman–Crippen MR) is 23.0 cm³/mol. The van der Waals surface area contributed by atoms with Gasteiger partial charge in [-0.25, -0.2) is 8.93 Å². The first kappa shape index (κ1) is 6.03. The molecular formula is CH6N2O2S. The smallest absolute Gasteiger partial charge is 0.232 e. The fourth-order valence-electron chi connectivity index (χ4n) is 0.0713. The topological polar surface area (TPSA) is 75.3 Å². The van der Waals surface area contributed by atoms with Gasteiger partial charge in [-0.2, -0.15) is 0 Å². The van der Waals surface area contributed by atoms with Crippen molar-refractivity contribution < 1.29 is 8.76 Å². The lowest BCUT2D eigenvalue weighted by Crippen LogP contribution is -2.23. The maximum absolute atomic E-state index is 9.52. The number of rotatable bonds is 2. The van der Waals surface area contributed by atoms with Gasteiger partial charge in [-0.3, -0.25) is 4.55 Å². The third-order valence-corrected chi connectivity index (χ3v) is 0.620. The fourth-order valence-corrected chi connectivity index (χ4v) is 0.214. The summed E-state index contributed by atoms with van der Waals surface area (Å²) in [7, 11) is 0. The molecule has 1 atom stereocenters. The van der Waals surface area contributed by atoms with Crippen LogP contribution in [0.3, 0.4) is 0 Å². The molecule has 0 aromatic heterocycles. The SMILES string of the molecule is NCNS(=O)O.